The van der Waals surface area contributed by atoms with E-state index in [0.29, 0.717) is 0 Å². The van der Waals surface area contributed by atoms with Gasteiger partial charge in [-0.1, -0.05) is 0 Å². The van der Waals surface area contributed by atoms with Gasteiger partial charge in [0.25, 0.3) is 0 Å². The molecule has 0 bridgehead atoms. The van der Waals surface area contributed by atoms with Gasteiger partial charge in [-0.15, -0.1) is 3.89 Å². The average Bonchev–Trinajstić information content (AvgIpc) is 2.82. The van der Waals surface area contributed by atoms with Crippen molar-refractivity contribution in [1.29, 1.82) is 0 Å². The molecule has 0 aromatic carbocycles. The lowest BCUT2D eigenvalue weighted by atomic mass is 10.4. The molecule has 10 heteroatoms. The summed E-state index contributed by atoms with van der Waals surface area (Å²) < 4.78 is 35.4. The number of carbonyl (C=O) groups excluding carboxylic acids is 1. The van der Waals surface area contributed by atoms with Crippen molar-refractivity contribution in [2.45, 2.75) is 18.2 Å². The number of nitrogens with zero attached hydrogens (tertiary/aromatic N) is 3. The van der Waals surface area contributed by atoms with Crippen molar-refractivity contribution in [1.82, 2.24) is 9.78 Å². The predicted molar refractivity (Wildman–Crippen MR) is 60.6 cm³/mol. The molecule has 2 rings (SSSR count). The van der Waals surface area contributed by atoms with Crippen LogP contribution in [0.1, 0.15) is 6.42 Å². The summed E-state index contributed by atoms with van der Waals surface area (Å²) in [5.74, 6) is -1.65. The average molecular weight is 291 g/mol. The van der Waals surface area contributed by atoms with Crippen molar-refractivity contribution in [2.24, 2.45) is 0 Å². The Morgan fingerprint density at radius 3 is 2.79 bits per heavy atom. The maximum Gasteiger partial charge on any atom is 0.325 e. The Morgan fingerprint density at radius 2 is 2.26 bits per heavy atom. The number of hydrogen-bond acceptors (Lipinski definition) is 5. The standard InChI is InChI=1S/C9H10FN3O5S/c10-19(17,18)7-1-8(14)13(4-7)6-2-11-12(3-6)5-9(15)16/h2-3,7H,1,4-5H2,(H,15,16). The van der Waals surface area contributed by atoms with Crippen LogP contribution in [0.4, 0.5) is 9.57 Å². The second kappa shape index (κ2) is 4.61. The SMILES string of the molecule is O=C(O)Cn1cc(N2CC(S(=O)(=O)F)CC2=O)cn1. The number of halogens is 1. The van der Waals surface area contributed by atoms with Gasteiger partial charge in [0.15, 0.2) is 0 Å². The summed E-state index contributed by atoms with van der Waals surface area (Å²) in [6, 6.07) is 0. The highest BCUT2D eigenvalue weighted by atomic mass is 32.3. The van der Waals surface area contributed by atoms with E-state index in [1.54, 1.807) is 0 Å². The normalized spacial score (nSPS) is 19.9. The van der Waals surface area contributed by atoms with Gasteiger partial charge in [0.05, 0.1) is 11.9 Å². The van der Waals surface area contributed by atoms with E-state index in [4.69, 9.17) is 5.11 Å². The van der Waals surface area contributed by atoms with Gasteiger partial charge >= 0.3 is 16.2 Å². The minimum Gasteiger partial charge on any atom is -0.480 e. The first-order chi connectivity index (χ1) is 8.77. The first-order valence-corrected chi connectivity index (χ1v) is 6.70. The maximum atomic E-state index is 12.8. The first-order valence-electron chi connectivity index (χ1n) is 5.25. The lowest BCUT2D eigenvalue weighted by Crippen LogP contribution is -2.26. The van der Waals surface area contributed by atoms with Crippen LogP contribution >= 0.6 is 0 Å². The molecule has 0 spiro atoms. The molecule has 19 heavy (non-hydrogen) atoms. The first kappa shape index (κ1) is 13.5. The Bertz CT molecular complexity index is 626. The van der Waals surface area contributed by atoms with Gasteiger partial charge in [-0.25, -0.2) is 0 Å². The fourth-order valence-corrected chi connectivity index (χ4v) is 2.50. The minimum absolute atomic E-state index is 0.248. The second-order valence-corrected chi connectivity index (χ2v) is 5.71. The van der Waals surface area contributed by atoms with E-state index in [-0.39, 0.29) is 18.8 Å². The predicted octanol–water partition coefficient (Wildman–Crippen LogP) is -0.628. The Hall–Kier alpha value is -1.97. The van der Waals surface area contributed by atoms with E-state index in [9.17, 15) is 21.9 Å². The summed E-state index contributed by atoms with van der Waals surface area (Å²) in [5.41, 5.74) is 0.248. The van der Waals surface area contributed by atoms with E-state index in [2.05, 4.69) is 5.10 Å². The minimum atomic E-state index is -4.77. The number of aliphatic carboxylic acids is 1. The van der Waals surface area contributed by atoms with Crippen molar-refractivity contribution in [3.05, 3.63) is 12.4 Å². The van der Waals surface area contributed by atoms with Gasteiger partial charge in [0, 0.05) is 19.2 Å². The highest BCUT2D eigenvalue weighted by Gasteiger charge is 2.39. The largest absolute Gasteiger partial charge is 0.480 e. The zero-order valence-electron chi connectivity index (χ0n) is 9.56. The zero-order valence-corrected chi connectivity index (χ0v) is 10.4. The van der Waals surface area contributed by atoms with Crippen LogP contribution in [0.25, 0.3) is 0 Å². The van der Waals surface area contributed by atoms with E-state index < -0.39 is 33.8 Å². The molecule has 0 aliphatic carbocycles. The third kappa shape index (κ3) is 2.89. The van der Waals surface area contributed by atoms with Crippen LogP contribution < -0.4 is 4.90 Å². The molecule has 1 unspecified atom stereocenters. The Balaban J connectivity index is 2.17. The van der Waals surface area contributed by atoms with Crippen molar-refractivity contribution in [3.8, 4) is 0 Å². The topological polar surface area (TPSA) is 110 Å². The lowest BCUT2D eigenvalue weighted by Gasteiger charge is -2.12. The summed E-state index contributed by atoms with van der Waals surface area (Å²) in [6.45, 7) is -0.677. The zero-order chi connectivity index (χ0) is 14.2. The fraction of sp³-hybridized carbons (Fsp3) is 0.444. The number of rotatable bonds is 4. The Kier molecular flexibility index (Phi) is 3.27. The van der Waals surface area contributed by atoms with Crippen LogP contribution in [-0.2, 0) is 26.4 Å². The number of aromatic nitrogens is 2. The van der Waals surface area contributed by atoms with E-state index in [0.717, 1.165) is 9.58 Å². The molecule has 8 nitrogen and oxygen atoms in total. The summed E-state index contributed by atoms with van der Waals surface area (Å²) in [6.07, 6.45) is 2.09. The van der Waals surface area contributed by atoms with Crippen LogP contribution in [0.3, 0.4) is 0 Å². The van der Waals surface area contributed by atoms with E-state index in [1.807, 2.05) is 0 Å². The molecule has 1 aliphatic rings. The van der Waals surface area contributed by atoms with Crippen molar-refractivity contribution in [3.63, 3.8) is 0 Å². The molecular formula is C9H10FN3O5S. The number of carboxylic acid groups (broad SMARTS) is 1. The summed E-state index contributed by atoms with van der Waals surface area (Å²) in [7, 11) is -4.77. The third-order valence-corrected chi connectivity index (χ3v) is 3.83. The fourth-order valence-electron chi connectivity index (χ4n) is 1.83. The molecule has 1 aromatic rings. The highest BCUT2D eigenvalue weighted by molar-refractivity contribution is 7.87. The molecule has 1 saturated heterocycles. The second-order valence-electron chi connectivity index (χ2n) is 4.10. The number of carboxylic acids is 1. The van der Waals surface area contributed by atoms with Gasteiger partial charge in [-0.05, 0) is 0 Å². The number of hydrogen-bond donors (Lipinski definition) is 1. The van der Waals surface area contributed by atoms with Crippen LogP contribution in [0, 0.1) is 0 Å². The van der Waals surface area contributed by atoms with Gasteiger partial charge in [-0.2, -0.15) is 13.5 Å². The number of carbonyl (C=O) groups is 2. The maximum absolute atomic E-state index is 12.8. The lowest BCUT2D eigenvalue weighted by molar-refractivity contribution is -0.137. The molecule has 1 fully saturated rings. The quantitative estimate of drug-likeness (QED) is 0.740. The third-order valence-electron chi connectivity index (χ3n) is 2.72. The Morgan fingerprint density at radius 1 is 1.58 bits per heavy atom. The molecule has 1 atom stereocenters. The van der Waals surface area contributed by atoms with Crippen LogP contribution in [0.15, 0.2) is 12.4 Å². The molecule has 2 heterocycles. The van der Waals surface area contributed by atoms with Gasteiger partial charge in [-0.3, -0.25) is 14.3 Å². The summed E-state index contributed by atoms with van der Waals surface area (Å²) >= 11 is 0. The summed E-state index contributed by atoms with van der Waals surface area (Å²) in [5, 5.41) is 10.9. The molecule has 1 N–H and O–H groups in total. The summed E-state index contributed by atoms with van der Waals surface area (Å²) in [4.78, 5) is 23.2. The van der Waals surface area contributed by atoms with E-state index >= 15 is 0 Å². The van der Waals surface area contributed by atoms with E-state index in [1.165, 1.54) is 12.4 Å². The molecule has 1 aromatic heterocycles. The van der Waals surface area contributed by atoms with Gasteiger partial charge in [0.1, 0.15) is 11.8 Å². The number of amides is 1. The Labute approximate surface area is 107 Å². The smallest absolute Gasteiger partial charge is 0.325 e. The molecule has 0 radical (unpaired) electrons. The van der Waals surface area contributed by atoms with Gasteiger partial charge < -0.3 is 10.0 Å². The van der Waals surface area contributed by atoms with Crippen molar-refractivity contribution in [2.75, 3.05) is 11.4 Å². The molecular weight excluding hydrogens is 281 g/mol. The van der Waals surface area contributed by atoms with Gasteiger partial charge in [0.2, 0.25) is 5.91 Å². The van der Waals surface area contributed by atoms with Crippen molar-refractivity contribution >= 4 is 27.8 Å². The number of anilines is 1. The molecule has 104 valence electrons. The molecule has 0 saturated carbocycles. The van der Waals surface area contributed by atoms with Crippen molar-refractivity contribution < 1.29 is 27.0 Å². The van der Waals surface area contributed by atoms with Crippen LogP contribution in [0.5, 0.6) is 0 Å². The molecule has 1 aliphatic heterocycles. The van der Waals surface area contributed by atoms with Crippen LogP contribution in [-0.4, -0.2) is 47.0 Å². The monoisotopic (exact) mass is 291 g/mol. The van der Waals surface area contributed by atoms with Crippen LogP contribution in [0.2, 0.25) is 0 Å². The molecule has 1 amide bonds. The highest BCUT2D eigenvalue weighted by Crippen LogP contribution is 2.25.